The molecular weight excluding hydrogens is 337 g/mol. The Kier molecular flexibility index (Phi) is 4.91. The van der Waals surface area contributed by atoms with Crippen LogP contribution >= 0.6 is 22.6 Å². The first kappa shape index (κ1) is 13.9. The molecule has 1 N–H and O–H groups in total. The van der Waals surface area contributed by atoms with E-state index in [0.29, 0.717) is 11.3 Å². The van der Waals surface area contributed by atoms with Crippen LogP contribution in [0.5, 0.6) is 0 Å². The summed E-state index contributed by atoms with van der Waals surface area (Å²) in [7, 11) is 3.07. The summed E-state index contributed by atoms with van der Waals surface area (Å²) in [5.74, 6) is -0.588. The fraction of sp³-hybridized carbons (Fsp3) is 0.500. The summed E-state index contributed by atoms with van der Waals surface area (Å²) >= 11 is 1.92. The average molecular weight is 351 g/mol. The van der Waals surface area contributed by atoms with Gasteiger partial charge in [0.05, 0.1) is 18.4 Å². The van der Waals surface area contributed by atoms with Crippen molar-refractivity contribution in [2.45, 2.75) is 10.8 Å². The van der Waals surface area contributed by atoms with Gasteiger partial charge in [-0.1, -0.05) is 22.6 Å². The Balaban J connectivity index is 2.56. The zero-order chi connectivity index (χ0) is 13.0. The Morgan fingerprint density at radius 1 is 1.65 bits per heavy atom. The number of carbonyl (C=O) groups excluding carboxylic acids is 2. The second-order valence-corrected chi connectivity index (χ2v) is 5.01. The van der Waals surface area contributed by atoms with E-state index in [2.05, 4.69) is 15.2 Å². The molecule has 1 atom stereocenters. The fourth-order valence-electron chi connectivity index (χ4n) is 1.31. The molecule has 1 unspecified atom stereocenters. The molecule has 0 saturated heterocycles. The van der Waals surface area contributed by atoms with Crippen LogP contribution in [0.15, 0.2) is 6.20 Å². The minimum Gasteiger partial charge on any atom is -0.468 e. The molecule has 0 fully saturated rings. The molecule has 7 heteroatoms. The van der Waals surface area contributed by atoms with Crippen molar-refractivity contribution >= 4 is 34.5 Å². The van der Waals surface area contributed by atoms with Crippen LogP contribution in [0.4, 0.5) is 0 Å². The van der Waals surface area contributed by atoms with Crippen molar-refractivity contribution in [1.29, 1.82) is 0 Å². The number of ether oxygens (including phenoxy) is 1. The number of aromatic nitrogens is 2. The van der Waals surface area contributed by atoms with E-state index < -0.39 is 3.92 Å². The minimum atomic E-state index is -0.390. The maximum absolute atomic E-state index is 11.8. The predicted octanol–water partition coefficient (Wildman–Crippen LogP) is 0.435. The van der Waals surface area contributed by atoms with E-state index in [4.69, 9.17) is 0 Å². The summed E-state index contributed by atoms with van der Waals surface area (Å²) in [5.41, 5.74) is 1.18. The molecular formula is C10H14IN3O3. The van der Waals surface area contributed by atoms with E-state index in [9.17, 15) is 9.59 Å². The van der Waals surface area contributed by atoms with E-state index in [0.717, 1.165) is 0 Å². The minimum absolute atomic E-state index is 0.235. The van der Waals surface area contributed by atoms with Crippen molar-refractivity contribution in [3.8, 4) is 0 Å². The molecule has 0 aromatic carbocycles. The lowest BCUT2D eigenvalue weighted by atomic mass is 10.2. The highest BCUT2D eigenvalue weighted by Gasteiger charge is 2.18. The number of methoxy groups -OCH3 is 1. The number of carbonyl (C=O) groups is 2. The van der Waals surface area contributed by atoms with Gasteiger partial charge >= 0.3 is 5.97 Å². The summed E-state index contributed by atoms with van der Waals surface area (Å²) in [5, 5.41) is 6.74. The first-order chi connectivity index (χ1) is 7.95. The van der Waals surface area contributed by atoms with E-state index in [1.807, 2.05) is 22.6 Å². The summed E-state index contributed by atoms with van der Waals surface area (Å²) < 4.78 is 5.75. The molecule has 1 amide bonds. The summed E-state index contributed by atoms with van der Waals surface area (Å²) in [6.07, 6.45) is 1.64. The number of aryl methyl sites for hydroxylation is 2. The van der Waals surface area contributed by atoms with Gasteiger partial charge in [-0.2, -0.15) is 5.10 Å². The van der Waals surface area contributed by atoms with Crippen molar-refractivity contribution in [1.82, 2.24) is 15.1 Å². The first-order valence-corrected chi connectivity index (χ1v) is 6.20. The highest BCUT2D eigenvalue weighted by atomic mass is 127. The van der Waals surface area contributed by atoms with Crippen molar-refractivity contribution in [3.63, 3.8) is 0 Å². The number of halogens is 1. The Bertz CT molecular complexity index is 430. The lowest BCUT2D eigenvalue weighted by Gasteiger charge is -2.08. The zero-order valence-electron chi connectivity index (χ0n) is 9.86. The quantitative estimate of drug-likeness (QED) is 0.485. The smallest absolute Gasteiger partial charge is 0.320 e. The maximum Gasteiger partial charge on any atom is 0.320 e. The van der Waals surface area contributed by atoms with Gasteiger partial charge in [-0.15, -0.1) is 0 Å². The van der Waals surface area contributed by atoms with Crippen LogP contribution in [0.2, 0.25) is 0 Å². The van der Waals surface area contributed by atoms with Crippen LogP contribution in [0, 0.1) is 6.92 Å². The van der Waals surface area contributed by atoms with Crippen molar-refractivity contribution in [2.24, 2.45) is 7.05 Å². The molecule has 94 valence electrons. The lowest BCUT2D eigenvalue weighted by molar-refractivity contribution is -0.139. The standard InChI is InChI=1S/C10H14IN3O3/c1-6-7(5-14(2)13-6)9(15)12-4-8(11)10(16)17-3/h5,8H,4H2,1-3H3,(H,12,15). The summed E-state index contributed by atoms with van der Waals surface area (Å²) in [6.45, 7) is 2.00. The molecule has 1 aromatic heterocycles. The monoisotopic (exact) mass is 351 g/mol. The third kappa shape index (κ3) is 3.69. The number of alkyl halides is 1. The van der Waals surface area contributed by atoms with Gasteiger partial charge in [0.1, 0.15) is 3.92 Å². The molecule has 0 bridgehead atoms. The Morgan fingerprint density at radius 2 is 2.29 bits per heavy atom. The second kappa shape index (κ2) is 5.99. The molecule has 6 nitrogen and oxygen atoms in total. The normalized spacial score (nSPS) is 12.0. The molecule has 17 heavy (non-hydrogen) atoms. The Hall–Kier alpha value is -1.12. The molecule has 0 aliphatic rings. The van der Waals surface area contributed by atoms with Crippen LogP contribution in [0.25, 0.3) is 0 Å². The SMILES string of the molecule is COC(=O)C(I)CNC(=O)c1cn(C)nc1C. The van der Waals surface area contributed by atoms with Gasteiger partial charge in [0.2, 0.25) is 0 Å². The number of amides is 1. The van der Waals surface area contributed by atoms with E-state index in [1.165, 1.54) is 7.11 Å². The van der Waals surface area contributed by atoms with Gasteiger partial charge in [-0.25, -0.2) is 0 Å². The molecule has 0 aliphatic heterocycles. The van der Waals surface area contributed by atoms with Crippen LogP contribution in [-0.4, -0.2) is 39.2 Å². The van der Waals surface area contributed by atoms with Crippen LogP contribution in [-0.2, 0) is 16.6 Å². The van der Waals surface area contributed by atoms with Gasteiger partial charge in [-0.3, -0.25) is 14.3 Å². The van der Waals surface area contributed by atoms with Crippen LogP contribution in [0.3, 0.4) is 0 Å². The molecule has 1 aromatic rings. The zero-order valence-corrected chi connectivity index (χ0v) is 12.0. The van der Waals surface area contributed by atoms with Crippen LogP contribution in [0.1, 0.15) is 16.1 Å². The van der Waals surface area contributed by atoms with E-state index in [-0.39, 0.29) is 18.4 Å². The molecule has 0 saturated carbocycles. The predicted molar refractivity (Wildman–Crippen MR) is 70.1 cm³/mol. The van der Waals surface area contributed by atoms with E-state index in [1.54, 1.807) is 24.9 Å². The summed E-state index contributed by atoms with van der Waals surface area (Å²) in [6, 6.07) is 0. The third-order valence-corrected chi connectivity index (χ3v) is 3.11. The Labute approximate surface area is 113 Å². The van der Waals surface area contributed by atoms with Crippen molar-refractivity contribution in [3.05, 3.63) is 17.5 Å². The second-order valence-electron chi connectivity index (χ2n) is 3.50. The fourth-order valence-corrected chi connectivity index (χ4v) is 1.79. The van der Waals surface area contributed by atoms with Gasteiger partial charge in [0.15, 0.2) is 0 Å². The van der Waals surface area contributed by atoms with Gasteiger partial charge < -0.3 is 10.1 Å². The number of nitrogens with zero attached hydrogens (tertiary/aromatic N) is 2. The molecule has 1 heterocycles. The lowest BCUT2D eigenvalue weighted by Crippen LogP contribution is -2.34. The first-order valence-electron chi connectivity index (χ1n) is 4.96. The van der Waals surface area contributed by atoms with Crippen molar-refractivity contribution in [2.75, 3.05) is 13.7 Å². The third-order valence-electron chi connectivity index (χ3n) is 2.16. The molecule has 0 radical (unpaired) electrons. The number of rotatable bonds is 4. The highest BCUT2D eigenvalue weighted by molar-refractivity contribution is 14.1. The number of nitrogens with one attached hydrogen (secondary N) is 1. The van der Waals surface area contributed by atoms with Gasteiger partial charge in [0.25, 0.3) is 5.91 Å². The highest BCUT2D eigenvalue weighted by Crippen LogP contribution is 2.05. The largest absolute Gasteiger partial charge is 0.468 e. The van der Waals surface area contributed by atoms with E-state index >= 15 is 0 Å². The topological polar surface area (TPSA) is 73.2 Å². The molecule has 1 rings (SSSR count). The number of hydrogen-bond donors (Lipinski definition) is 1. The molecule has 0 aliphatic carbocycles. The average Bonchev–Trinajstić information content (AvgIpc) is 2.63. The summed E-state index contributed by atoms with van der Waals surface area (Å²) in [4.78, 5) is 22.9. The number of hydrogen-bond acceptors (Lipinski definition) is 4. The number of esters is 1. The van der Waals surface area contributed by atoms with Crippen molar-refractivity contribution < 1.29 is 14.3 Å². The van der Waals surface area contributed by atoms with Gasteiger partial charge in [0, 0.05) is 19.8 Å². The molecule has 0 spiro atoms. The van der Waals surface area contributed by atoms with Gasteiger partial charge in [-0.05, 0) is 6.92 Å². The maximum atomic E-state index is 11.8. The van der Waals surface area contributed by atoms with Crippen LogP contribution < -0.4 is 5.32 Å². The Morgan fingerprint density at radius 3 is 2.76 bits per heavy atom.